The van der Waals surface area contributed by atoms with Gasteiger partial charge in [0.2, 0.25) is 15.8 Å². The molecule has 0 unspecified atom stereocenters. The SMILES string of the molecule is O=C(OCCN1CCN(S(=O)(=O)c2c(Cl)cccc2Cl)CC1)c1ccco1. The lowest BCUT2D eigenvalue weighted by molar-refractivity contribution is 0.0410. The molecule has 10 heteroatoms. The standard InChI is InChI=1S/C17H18Cl2N2O5S/c18-13-3-1-4-14(19)16(13)27(23,24)21-8-6-20(7-9-21)10-12-26-17(22)15-5-2-11-25-15/h1-5,11H,6-10,12H2. The summed E-state index contributed by atoms with van der Waals surface area (Å²) in [4.78, 5) is 13.7. The summed E-state index contributed by atoms with van der Waals surface area (Å²) in [5, 5.41) is 0.213. The molecule has 0 spiro atoms. The van der Waals surface area contributed by atoms with Gasteiger partial charge in [0.1, 0.15) is 11.5 Å². The molecule has 0 amide bonds. The van der Waals surface area contributed by atoms with Gasteiger partial charge in [0.15, 0.2) is 0 Å². The molecule has 0 saturated carbocycles. The maximum Gasteiger partial charge on any atom is 0.374 e. The van der Waals surface area contributed by atoms with E-state index in [-0.39, 0.29) is 27.3 Å². The Hall–Kier alpha value is -1.58. The lowest BCUT2D eigenvalue weighted by Gasteiger charge is -2.34. The molecule has 1 aromatic carbocycles. The van der Waals surface area contributed by atoms with E-state index in [1.807, 2.05) is 4.90 Å². The van der Waals surface area contributed by atoms with Gasteiger partial charge in [0.05, 0.1) is 16.3 Å². The van der Waals surface area contributed by atoms with E-state index in [1.165, 1.54) is 28.8 Å². The fourth-order valence-electron chi connectivity index (χ4n) is 2.78. The first-order valence-electron chi connectivity index (χ1n) is 8.27. The molecule has 0 aliphatic carbocycles. The van der Waals surface area contributed by atoms with Crippen LogP contribution in [0, 0.1) is 0 Å². The van der Waals surface area contributed by atoms with Crippen LogP contribution in [-0.2, 0) is 14.8 Å². The van der Waals surface area contributed by atoms with Crippen LogP contribution < -0.4 is 0 Å². The van der Waals surface area contributed by atoms with Crippen molar-refractivity contribution < 1.29 is 22.4 Å². The van der Waals surface area contributed by atoms with Crippen molar-refractivity contribution in [2.75, 3.05) is 39.3 Å². The van der Waals surface area contributed by atoms with Gasteiger partial charge in [-0.3, -0.25) is 4.90 Å². The summed E-state index contributed by atoms with van der Waals surface area (Å²) in [6, 6.07) is 7.76. The van der Waals surface area contributed by atoms with E-state index >= 15 is 0 Å². The first-order valence-corrected chi connectivity index (χ1v) is 10.5. The predicted molar refractivity (Wildman–Crippen MR) is 101 cm³/mol. The number of esters is 1. The van der Waals surface area contributed by atoms with Crippen molar-refractivity contribution in [3.63, 3.8) is 0 Å². The number of benzene rings is 1. The number of nitrogens with zero attached hydrogens (tertiary/aromatic N) is 2. The van der Waals surface area contributed by atoms with Gasteiger partial charge in [0, 0.05) is 32.7 Å². The van der Waals surface area contributed by atoms with Crippen LogP contribution in [0.5, 0.6) is 0 Å². The minimum absolute atomic E-state index is 0.0610. The van der Waals surface area contributed by atoms with Crippen molar-refractivity contribution >= 4 is 39.2 Å². The molecule has 146 valence electrons. The summed E-state index contributed by atoms with van der Waals surface area (Å²) in [6.07, 6.45) is 1.40. The second-order valence-corrected chi connectivity index (χ2v) is 8.60. The molecule has 7 nitrogen and oxygen atoms in total. The Morgan fingerprint density at radius 3 is 2.33 bits per heavy atom. The maximum atomic E-state index is 12.8. The lowest BCUT2D eigenvalue weighted by Crippen LogP contribution is -2.49. The van der Waals surface area contributed by atoms with E-state index in [4.69, 9.17) is 32.4 Å². The average Bonchev–Trinajstić information content (AvgIpc) is 3.16. The third-order valence-electron chi connectivity index (χ3n) is 4.21. The van der Waals surface area contributed by atoms with Gasteiger partial charge >= 0.3 is 5.97 Å². The molecule has 1 saturated heterocycles. The first-order chi connectivity index (χ1) is 12.9. The van der Waals surface area contributed by atoms with Gasteiger partial charge < -0.3 is 9.15 Å². The third kappa shape index (κ3) is 4.64. The second-order valence-electron chi connectivity index (χ2n) is 5.91. The van der Waals surface area contributed by atoms with Crippen molar-refractivity contribution in [2.45, 2.75) is 4.90 Å². The smallest absolute Gasteiger partial charge is 0.374 e. The Morgan fingerprint density at radius 1 is 1.07 bits per heavy atom. The minimum Gasteiger partial charge on any atom is -0.458 e. The third-order valence-corrected chi connectivity index (χ3v) is 7.07. The van der Waals surface area contributed by atoms with Crippen LogP contribution in [0.15, 0.2) is 45.9 Å². The van der Waals surface area contributed by atoms with Gasteiger partial charge in [-0.1, -0.05) is 29.3 Å². The molecule has 1 aliphatic heterocycles. The van der Waals surface area contributed by atoms with E-state index in [0.29, 0.717) is 32.7 Å². The van der Waals surface area contributed by atoms with Crippen molar-refractivity contribution in [3.8, 4) is 0 Å². The Kier molecular flexibility index (Phi) is 6.44. The summed E-state index contributed by atoms with van der Waals surface area (Å²) in [7, 11) is -3.77. The van der Waals surface area contributed by atoms with Crippen LogP contribution in [0.4, 0.5) is 0 Å². The van der Waals surface area contributed by atoms with Crippen molar-refractivity contribution in [1.82, 2.24) is 9.21 Å². The highest BCUT2D eigenvalue weighted by Gasteiger charge is 2.31. The van der Waals surface area contributed by atoms with E-state index in [2.05, 4.69) is 0 Å². The molecule has 1 aliphatic rings. The lowest BCUT2D eigenvalue weighted by atomic mass is 10.3. The van der Waals surface area contributed by atoms with E-state index in [9.17, 15) is 13.2 Å². The van der Waals surface area contributed by atoms with Crippen molar-refractivity contribution in [2.24, 2.45) is 0 Å². The van der Waals surface area contributed by atoms with Gasteiger partial charge in [0.25, 0.3) is 0 Å². The second kappa shape index (κ2) is 8.62. The van der Waals surface area contributed by atoms with Crippen molar-refractivity contribution in [1.29, 1.82) is 0 Å². The summed E-state index contributed by atoms with van der Waals surface area (Å²) in [6.45, 7) is 2.33. The Bertz CT molecular complexity index is 874. The van der Waals surface area contributed by atoms with Crippen LogP contribution in [0.25, 0.3) is 0 Å². The number of ether oxygens (including phenoxy) is 1. The fourth-order valence-corrected chi connectivity index (χ4v) is 5.30. The fraction of sp³-hybridized carbons (Fsp3) is 0.353. The number of hydrogen-bond donors (Lipinski definition) is 0. The van der Waals surface area contributed by atoms with Crippen LogP contribution in [0.2, 0.25) is 10.0 Å². The highest BCUT2D eigenvalue weighted by molar-refractivity contribution is 7.89. The number of piperazine rings is 1. The zero-order valence-electron chi connectivity index (χ0n) is 14.3. The Labute approximate surface area is 167 Å². The van der Waals surface area contributed by atoms with Crippen LogP contribution in [0.1, 0.15) is 10.6 Å². The summed E-state index contributed by atoms with van der Waals surface area (Å²) < 4.78 is 37.1. The average molecular weight is 433 g/mol. The molecule has 2 heterocycles. The Morgan fingerprint density at radius 2 is 1.74 bits per heavy atom. The molecule has 27 heavy (non-hydrogen) atoms. The summed E-state index contributed by atoms with van der Waals surface area (Å²) >= 11 is 12.1. The molecule has 1 fully saturated rings. The molecule has 0 bridgehead atoms. The number of sulfonamides is 1. The van der Waals surface area contributed by atoms with Gasteiger partial charge in [-0.2, -0.15) is 4.31 Å². The quantitative estimate of drug-likeness (QED) is 0.652. The largest absolute Gasteiger partial charge is 0.458 e. The molecular formula is C17H18Cl2N2O5S. The molecule has 3 rings (SSSR count). The highest BCUT2D eigenvalue weighted by Crippen LogP contribution is 2.31. The minimum atomic E-state index is -3.77. The molecular weight excluding hydrogens is 415 g/mol. The highest BCUT2D eigenvalue weighted by atomic mass is 35.5. The zero-order chi connectivity index (χ0) is 19.4. The van der Waals surface area contributed by atoms with Gasteiger partial charge in [-0.05, 0) is 24.3 Å². The monoisotopic (exact) mass is 432 g/mol. The normalized spacial score (nSPS) is 16.4. The van der Waals surface area contributed by atoms with Crippen molar-refractivity contribution in [3.05, 3.63) is 52.4 Å². The van der Waals surface area contributed by atoms with Gasteiger partial charge in [-0.25, -0.2) is 13.2 Å². The summed E-state index contributed by atoms with van der Waals surface area (Å²) in [5.41, 5.74) is 0. The first kappa shape index (κ1) is 20.2. The molecule has 0 radical (unpaired) electrons. The van der Waals surface area contributed by atoms with E-state index in [0.717, 1.165) is 0 Å². The number of rotatable bonds is 6. The maximum absolute atomic E-state index is 12.8. The number of halogens is 2. The van der Waals surface area contributed by atoms with Gasteiger partial charge in [-0.15, -0.1) is 0 Å². The number of carbonyl (C=O) groups excluding carboxylic acids is 1. The Balaban J connectivity index is 1.52. The van der Waals surface area contributed by atoms with E-state index < -0.39 is 16.0 Å². The topological polar surface area (TPSA) is 80.1 Å². The summed E-state index contributed by atoms with van der Waals surface area (Å²) in [5.74, 6) is -0.364. The van der Waals surface area contributed by atoms with Crippen LogP contribution >= 0.6 is 23.2 Å². The number of hydrogen-bond acceptors (Lipinski definition) is 6. The van der Waals surface area contributed by atoms with Crippen LogP contribution in [-0.4, -0.2) is 62.9 Å². The molecule has 0 atom stereocenters. The number of carbonyl (C=O) groups is 1. The predicted octanol–water partition coefficient (Wildman–Crippen LogP) is 2.75. The van der Waals surface area contributed by atoms with Crippen LogP contribution in [0.3, 0.4) is 0 Å². The molecule has 2 aromatic rings. The zero-order valence-corrected chi connectivity index (χ0v) is 16.6. The number of furan rings is 1. The molecule has 0 N–H and O–H groups in total. The molecule has 1 aromatic heterocycles. The van der Waals surface area contributed by atoms with E-state index in [1.54, 1.807) is 12.1 Å².